The molecule has 2 aromatic heterocycles. The molecule has 0 fully saturated rings. The van der Waals surface area contributed by atoms with Gasteiger partial charge in [0.1, 0.15) is 11.2 Å². The minimum absolute atomic E-state index is 0.619. The van der Waals surface area contributed by atoms with Crippen LogP contribution < -0.4 is 0 Å². The molecule has 3 nitrogen and oxygen atoms in total. The second kappa shape index (κ2) is 3.96. The lowest BCUT2D eigenvalue weighted by Gasteiger charge is -1.89. The number of oxazole rings is 1. The Balaban J connectivity index is 1.93. The summed E-state index contributed by atoms with van der Waals surface area (Å²) >= 11 is 3.47. The molecule has 19 heavy (non-hydrogen) atoms. The molecule has 0 saturated carbocycles. The van der Waals surface area contributed by atoms with E-state index in [-0.39, 0.29) is 0 Å². The Morgan fingerprint density at radius 1 is 1.05 bits per heavy atom. The van der Waals surface area contributed by atoms with Gasteiger partial charge in [-0.2, -0.15) is 0 Å². The molecule has 2 heterocycles. The maximum atomic E-state index is 5.76. The van der Waals surface area contributed by atoms with Crippen LogP contribution in [0.25, 0.3) is 33.6 Å². The monoisotopic (exact) mass is 312 g/mol. The number of fused-ring (bicyclic) bond motifs is 2. The van der Waals surface area contributed by atoms with Crippen LogP contribution in [0.1, 0.15) is 0 Å². The predicted octanol–water partition coefficient (Wildman–Crippen LogP) is 4.74. The Morgan fingerprint density at radius 2 is 1.95 bits per heavy atom. The van der Waals surface area contributed by atoms with E-state index >= 15 is 0 Å². The van der Waals surface area contributed by atoms with Crippen molar-refractivity contribution < 1.29 is 4.42 Å². The average Bonchev–Trinajstić information content (AvgIpc) is 3.00. The summed E-state index contributed by atoms with van der Waals surface area (Å²) in [5.74, 6) is 0.619. The maximum Gasteiger partial charge on any atom is 0.244 e. The molecule has 0 atom stereocenters. The summed E-state index contributed by atoms with van der Waals surface area (Å²) in [4.78, 5) is 7.82. The molecule has 0 saturated heterocycles. The summed E-state index contributed by atoms with van der Waals surface area (Å²) in [6, 6.07) is 15.9. The molecule has 0 spiro atoms. The Morgan fingerprint density at radius 3 is 2.84 bits per heavy atom. The van der Waals surface area contributed by atoms with E-state index in [1.54, 1.807) is 0 Å². The summed E-state index contributed by atoms with van der Waals surface area (Å²) in [6.45, 7) is 0. The van der Waals surface area contributed by atoms with Crippen molar-refractivity contribution in [1.82, 2.24) is 9.97 Å². The largest absolute Gasteiger partial charge is 0.435 e. The Bertz CT molecular complexity index is 858. The van der Waals surface area contributed by atoms with Gasteiger partial charge < -0.3 is 9.40 Å². The molecular weight excluding hydrogens is 304 g/mol. The van der Waals surface area contributed by atoms with Gasteiger partial charge in [0, 0.05) is 15.4 Å². The number of para-hydroxylation sites is 2. The highest BCUT2D eigenvalue weighted by Gasteiger charge is 2.10. The second-order valence-corrected chi connectivity index (χ2v) is 5.32. The van der Waals surface area contributed by atoms with E-state index in [1.807, 2.05) is 42.5 Å². The number of aromatic amines is 1. The van der Waals surface area contributed by atoms with Crippen molar-refractivity contribution in [2.75, 3.05) is 0 Å². The molecule has 0 aliphatic heterocycles. The minimum Gasteiger partial charge on any atom is -0.435 e. The summed E-state index contributed by atoms with van der Waals surface area (Å²) in [6.07, 6.45) is 0. The molecule has 0 aliphatic carbocycles. The highest BCUT2D eigenvalue weighted by molar-refractivity contribution is 9.10. The van der Waals surface area contributed by atoms with Crippen LogP contribution in [0.5, 0.6) is 0 Å². The number of hydrogen-bond acceptors (Lipinski definition) is 2. The van der Waals surface area contributed by atoms with Crippen LogP contribution in [0.3, 0.4) is 0 Å². The molecule has 4 heteroatoms. The van der Waals surface area contributed by atoms with Crippen molar-refractivity contribution in [2.24, 2.45) is 0 Å². The average molecular weight is 313 g/mol. The molecule has 0 amide bonds. The first kappa shape index (κ1) is 10.8. The Labute approximate surface area is 117 Å². The Hall–Kier alpha value is -2.07. The molecule has 0 bridgehead atoms. The fourth-order valence-electron chi connectivity index (χ4n) is 2.20. The number of H-pyrrole nitrogens is 1. The van der Waals surface area contributed by atoms with Gasteiger partial charge in [-0.15, -0.1) is 0 Å². The number of hydrogen-bond donors (Lipinski definition) is 1. The number of nitrogens with zero attached hydrogens (tertiary/aromatic N) is 1. The topological polar surface area (TPSA) is 41.8 Å². The zero-order chi connectivity index (χ0) is 12.8. The van der Waals surface area contributed by atoms with E-state index in [9.17, 15) is 0 Å². The van der Waals surface area contributed by atoms with Crippen molar-refractivity contribution in [3.05, 3.63) is 53.0 Å². The van der Waals surface area contributed by atoms with Gasteiger partial charge in [0.15, 0.2) is 5.58 Å². The highest BCUT2D eigenvalue weighted by atomic mass is 79.9. The summed E-state index contributed by atoms with van der Waals surface area (Å²) in [7, 11) is 0. The van der Waals surface area contributed by atoms with Gasteiger partial charge in [-0.05, 0) is 30.3 Å². The van der Waals surface area contributed by atoms with Crippen LogP contribution >= 0.6 is 15.9 Å². The lowest BCUT2D eigenvalue weighted by Crippen LogP contribution is -1.75. The molecule has 4 aromatic rings. The van der Waals surface area contributed by atoms with Gasteiger partial charge in [-0.3, -0.25) is 0 Å². The molecule has 92 valence electrons. The van der Waals surface area contributed by atoms with Crippen molar-refractivity contribution in [1.29, 1.82) is 0 Å². The van der Waals surface area contributed by atoms with E-state index in [1.165, 1.54) is 0 Å². The molecule has 2 aromatic carbocycles. The maximum absolute atomic E-state index is 5.76. The number of halogens is 1. The van der Waals surface area contributed by atoms with E-state index in [2.05, 4.69) is 32.0 Å². The molecule has 0 unspecified atom stereocenters. The van der Waals surface area contributed by atoms with Crippen LogP contribution in [0.15, 0.2) is 57.4 Å². The van der Waals surface area contributed by atoms with E-state index in [0.29, 0.717) is 5.89 Å². The van der Waals surface area contributed by atoms with E-state index < -0.39 is 0 Å². The quantitative estimate of drug-likeness (QED) is 0.551. The molecule has 1 N–H and O–H groups in total. The molecule has 0 radical (unpaired) electrons. The minimum atomic E-state index is 0.619. The number of aromatic nitrogens is 2. The summed E-state index contributed by atoms with van der Waals surface area (Å²) in [5, 5.41) is 1.14. The number of nitrogens with one attached hydrogen (secondary N) is 1. The third-order valence-electron chi connectivity index (χ3n) is 3.11. The van der Waals surface area contributed by atoms with Crippen LogP contribution in [0, 0.1) is 0 Å². The Kier molecular flexibility index (Phi) is 2.26. The zero-order valence-corrected chi connectivity index (χ0v) is 11.4. The normalized spacial score (nSPS) is 11.4. The molecule has 0 aliphatic rings. The van der Waals surface area contributed by atoms with Crippen molar-refractivity contribution in [2.45, 2.75) is 0 Å². The third-order valence-corrected chi connectivity index (χ3v) is 3.60. The van der Waals surface area contributed by atoms with E-state index in [4.69, 9.17) is 4.42 Å². The lowest BCUT2D eigenvalue weighted by atomic mass is 10.2. The smallest absolute Gasteiger partial charge is 0.244 e. The first-order chi connectivity index (χ1) is 9.29. The van der Waals surface area contributed by atoms with Gasteiger partial charge in [0.05, 0.1) is 0 Å². The summed E-state index contributed by atoms with van der Waals surface area (Å²) in [5.41, 5.74) is 3.63. The van der Waals surface area contributed by atoms with Gasteiger partial charge in [0.25, 0.3) is 0 Å². The summed E-state index contributed by atoms with van der Waals surface area (Å²) < 4.78 is 6.81. The lowest BCUT2D eigenvalue weighted by molar-refractivity contribution is 0.617. The second-order valence-electron chi connectivity index (χ2n) is 4.40. The SMILES string of the molecule is Brc1ccc2cc(-c3nc4ccccc4o3)[nH]c2c1. The van der Waals surface area contributed by atoms with Crippen LogP contribution in [-0.4, -0.2) is 9.97 Å². The number of benzene rings is 2. The molecule has 4 rings (SSSR count). The van der Waals surface area contributed by atoms with Crippen molar-refractivity contribution in [3.8, 4) is 11.6 Å². The number of rotatable bonds is 1. The van der Waals surface area contributed by atoms with Gasteiger partial charge in [-0.1, -0.05) is 34.1 Å². The van der Waals surface area contributed by atoms with Crippen LogP contribution in [0.2, 0.25) is 0 Å². The predicted molar refractivity (Wildman–Crippen MR) is 79.0 cm³/mol. The fourth-order valence-corrected chi connectivity index (χ4v) is 2.56. The van der Waals surface area contributed by atoms with Crippen molar-refractivity contribution >= 4 is 37.9 Å². The van der Waals surface area contributed by atoms with Crippen LogP contribution in [-0.2, 0) is 0 Å². The highest BCUT2D eigenvalue weighted by Crippen LogP contribution is 2.28. The van der Waals surface area contributed by atoms with Gasteiger partial charge >= 0.3 is 0 Å². The standard InChI is InChI=1S/C15H9BrN2O/c16-10-6-5-9-7-13(17-12(9)8-10)15-18-11-3-1-2-4-14(11)19-15/h1-8,17H. The van der Waals surface area contributed by atoms with Crippen molar-refractivity contribution in [3.63, 3.8) is 0 Å². The van der Waals surface area contributed by atoms with E-state index in [0.717, 1.165) is 32.2 Å². The molecular formula is C15H9BrN2O. The van der Waals surface area contributed by atoms with Crippen LogP contribution in [0.4, 0.5) is 0 Å². The fraction of sp³-hybridized carbons (Fsp3) is 0. The third kappa shape index (κ3) is 1.76. The first-order valence-electron chi connectivity index (χ1n) is 5.94. The van der Waals surface area contributed by atoms with Gasteiger partial charge in [0.2, 0.25) is 5.89 Å². The first-order valence-corrected chi connectivity index (χ1v) is 6.73. The zero-order valence-electron chi connectivity index (χ0n) is 9.85. The van der Waals surface area contributed by atoms with Gasteiger partial charge in [-0.25, -0.2) is 4.98 Å².